The molecule has 82 valence electrons. The highest BCUT2D eigenvalue weighted by Crippen LogP contribution is 2.22. The van der Waals surface area contributed by atoms with Gasteiger partial charge in [-0.3, -0.25) is 0 Å². The highest BCUT2D eigenvalue weighted by Gasteiger charge is 2.14. The van der Waals surface area contributed by atoms with E-state index < -0.39 is 0 Å². The van der Waals surface area contributed by atoms with Crippen molar-refractivity contribution in [3.63, 3.8) is 0 Å². The number of nitrogens with one attached hydrogen (secondary N) is 1. The number of hydrogen-bond donors (Lipinski definition) is 1. The maximum Gasteiger partial charge on any atom is 0.0721 e. The summed E-state index contributed by atoms with van der Waals surface area (Å²) in [4.78, 5) is 0. The van der Waals surface area contributed by atoms with Gasteiger partial charge in [0.1, 0.15) is 0 Å². The first-order chi connectivity index (χ1) is 7.38. The summed E-state index contributed by atoms with van der Waals surface area (Å²) in [6.45, 7) is 0.729. The Bertz CT molecular complexity index is 310. The number of anilines is 1. The van der Waals surface area contributed by atoms with Gasteiger partial charge in [-0.15, -0.1) is 0 Å². The van der Waals surface area contributed by atoms with Crippen LogP contribution in [0.2, 0.25) is 0 Å². The second-order valence-electron chi connectivity index (χ2n) is 4.01. The molecule has 1 aromatic rings. The third-order valence-corrected chi connectivity index (χ3v) is 3.28. The predicted molar refractivity (Wildman–Crippen MR) is 66.0 cm³/mol. The standard InChI is InChI=1S/C12H16BrNO/c13-14-11-5-3-4-10(8-11)9-15-12-6-1-2-7-12/h3-5,8,12,14H,1-2,6-7,9H2. The van der Waals surface area contributed by atoms with Crippen molar-refractivity contribution in [2.75, 3.05) is 4.34 Å². The molecule has 0 unspecified atom stereocenters. The zero-order valence-electron chi connectivity index (χ0n) is 8.71. The Labute approximate surface area is 99.4 Å². The van der Waals surface area contributed by atoms with E-state index in [2.05, 4.69) is 32.6 Å². The van der Waals surface area contributed by atoms with E-state index in [9.17, 15) is 0 Å². The van der Waals surface area contributed by atoms with E-state index in [1.165, 1.54) is 31.2 Å². The number of hydrogen-bond acceptors (Lipinski definition) is 2. The van der Waals surface area contributed by atoms with Crippen LogP contribution >= 0.6 is 16.1 Å². The van der Waals surface area contributed by atoms with Gasteiger partial charge in [0.05, 0.1) is 12.7 Å². The molecule has 0 aliphatic heterocycles. The zero-order chi connectivity index (χ0) is 10.5. The summed E-state index contributed by atoms with van der Waals surface area (Å²) >= 11 is 3.22. The second kappa shape index (κ2) is 5.52. The Hall–Kier alpha value is -0.540. The molecule has 0 heterocycles. The molecule has 2 rings (SSSR count). The van der Waals surface area contributed by atoms with Gasteiger partial charge >= 0.3 is 0 Å². The van der Waals surface area contributed by atoms with Crippen LogP contribution in [-0.2, 0) is 11.3 Å². The first-order valence-corrected chi connectivity index (χ1v) is 6.25. The topological polar surface area (TPSA) is 21.3 Å². The van der Waals surface area contributed by atoms with Gasteiger partial charge in [0.25, 0.3) is 0 Å². The third kappa shape index (κ3) is 3.21. The van der Waals surface area contributed by atoms with Crippen LogP contribution in [0, 0.1) is 0 Å². The molecule has 15 heavy (non-hydrogen) atoms. The molecule has 0 radical (unpaired) electrons. The molecule has 3 heteroatoms. The average Bonchev–Trinajstić information content (AvgIpc) is 2.79. The first-order valence-electron chi connectivity index (χ1n) is 5.45. The minimum atomic E-state index is 0.491. The highest BCUT2D eigenvalue weighted by atomic mass is 79.9. The molecule has 0 aromatic heterocycles. The largest absolute Gasteiger partial charge is 0.374 e. The lowest BCUT2D eigenvalue weighted by Gasteiger charge is -2.11. The smallest absolute Gasteiger partial charge is 0.0721 e. The highest BCUT2D eigenvalue weighted by molar-refractivity contribution is 9.10. The minimum absolute atomic E-state index is 0.491. The van der Waals surface area contributed by atoms with E-state index in [1.54, 1.807) is 0 Å². The van der Waals surface area contributed by atoms with Gasteiger partial charge in [-0.05, 0) is 30.5 Å². The van der Waals surface area contributed by atoms with Crippen LogP contribution in [0.3, 0.4) is 0 Å². The zero-order valence-corrected chi connectivity index (χ0v) is 10.3. The molecular weight excluding hydrogens is 254 g/mol. The van der Waals surface area contributed by atoms with E-state index in [1.807, 2.05) is 12.1 Å². The van der Waals surface area contributed by atoms with E-state index in [0.717, 1.165) is 12.3 Å². The first kappa shape index (κ1) is 11.0. The normalized spacial score (nSPS) is 16.9. The van der Waals surface area contributed by atoms with Crippen LogP contribution in [0.1, 0.15) is 31.2 Å². The number of ether oxygens (including phenoxy) is 1. The van der Waals surface area contributed by atoms with Crippen molar-refractivity contribution in [1.82, 2.24) is 0 Å². The number of rotatable bonds is 4. The number of halogens is 1. The lowest BCUT2D eigenvalue weighted by Crippen LogP contribution is -2.07. The minimum Gasteiger partial charge on any atom is -0.374 e. The fourth-order valence-corrected chi connectivity index (χ4v) is 2.24. The van der Waals surface area contributed by atoms with E-state index in [0.29, 0.717) is 6.10 Å². The summed E-state index contributed by atoms with van der Waals surface area (Å²) in [7, 11) is 0. The Morgan fingerprint density at radius 1 is 1.33 bits per heavy atom. The Morgan fingerprint density at radius 2 is 2.13 bits per heavy atom. The Morgan fingerprint density at radius 3 is 2.87 bits per heavy atom. The molecule has 1 fully saturated rings. The SMILES string of the molecule is BrNc1cccc(COC2CCCC2)c1. The molecule has 0 amide bonds. The maximum absolute atomic E-state index is 5.85. The van der Waals surface area contributed by atoms with E-state index in [-0.39, 0.29) is 0 Å². The van der Waals surface area contributed by atoms with Gasteiger partial charge in [0.15, 0.2) is 0 Å². The quantitative estimate of drug-likeness (QED) is 0.838. The van der Waals surface area contributed by atoms with Gasteiger partial charge in [-0.25, -0.2) is 0 Å². The van der Waals surface area contributed by atoms with Crippen molar-refractivity contribution in [2.45, 2.75) is 38.4 Å². The van der Waals surface area contributed by atoms with Crippen molar-refractivity contribution in [3.8, 4) is 0 Å². The number of benzene rings is 1. The molecule has 0 saturated heterocycles. The van der Waals surface area contributed by atoms with Crippen molar-refractivity contribution in [2.24, 2.45) is 0 Å². The van der Waals surface area contributed by atoms with Gasteiger partial charge < -0.3 is 9.08 Å². The van der Waals surface area contributed by atoms with Crippen molar-refractivity contribution in [3.05, 3.63) is 29.8 Å². The molecule has 1 saturated carbocycles. The second-order valence-corrected chi connectivity index (χ2v) is 4.41. The molecule has 1 aromatic carbocycles. The summed E-state index contributed by atoms with van der Waals surface area (Å²) < 4.78 is 8.80. The van der Waals surface area contributed by atoms with Crippen molar-refractivity contribution < 1.29 is 4.74 Å². The fourth-order valence-electron chi connectivity index (χ4n) is 1.99. The summed E-state index contributed by atoms with van der Waals surface area (Å²) in [6.07, 6.45) is 5.61. The Kier molecular flexibility index (Phi) is 4.03. The predicted octanol–water partition coefficient (Wildman–Crippen LogP) is 3.87. The molecule has 0 atom stereocenters. The molecule has 0 spiro atoms. The summed E-state index contributed by atoms with van der Waals surface area (Å²) in [5, 5.41) is 0. The molecule has 2 nitrogen and oxygen atoms in total. The third-order valence-electron chi connectivity index (χ3n) is 2.82. The summed E-state index contributed by atoms with van der Waals surface area (Å²) in [6, 6.07) is 8.26. The van der Waals surface area contributed by atoms with Crippen LogP contribution in [0.4, 0.5) is 5.69 Å². The van der Waals surface area contributed by atoms with Crippen LogP contribution in [0.5, 0.6) is 0 Å². The summed E-state index contributed by atoms with van der Waals surface area (Å²) in [5.41, 5.74) is 2.30. The maximum atomic E-state index is 5.85. The lowest BCUT2D eigenvalue weighted by molar-refractivity contribution is 0.0457. The molecule has 0 bridgehead atoms. The fraction of sp³-hybridized carbons (Fsp3) is 0.500. The van der Waals surface area contributed by atoms with Crippen molar-refractivity contribution in [1.29, 1.82) is 0 Å². The Balaban J connectivity index is 1.86. The molecule has 1 N–H and O–H groups in total. The summed E-state index contributed by atoms with van der Waals surface area (Å²) in [5.74, 6) is 0. The van der Waals surface area contributed by atoms with E-state index in [4.69, 9.17) is 4.74 Å². The van der Waals surface area contributed by atoms with Gasteiger partial charge in [0.2, 0.25) is 0 Å². The molecule has 1 aliphatic carbocycles. The van der Waals surface area contributed by atoms with E-state index >= 15 is 0 Å². The monoisotopic (exact) mass is 269 g/mol. The van der Waals surface area contributed by atoms with Crippen molar-refractivity contribution >= 4 is 21.8 Å². The van der Waals surface area contributed by atoms with Gasteiger partial charge in [-0.2, -0.15) is 0 Å². The lowest BCUT2D eigenvalue weighted by atomic mass is 10.2. The van der Waals surface area contributed by atoms with Crippen LogP contribution < -0.4 is 4.34 Å². The molecular formula is C12H16BrNO. The van der Waals surface area contributed by atoms with Gasteiger partial charge in [-0.1, -0.05) is 25.0 Å². The average molecular weight is 270 g/mol. The van der Waals surface area contributed by atoms with Gasteiger partial charge in [0, 0.05) is 21.8 Å². The van der Waals surface area contributed by atoms with Crippen LogP contribution in [0.15, 0.2) is 24.3 Å². The molecule has 1 aliphatic rings. The van der Waals surface area contributed by atoms with Crippen LogP contribution in [0.25, 0.3) is 0 Å². The van der Waals surface area contributed by atoms with Crippen LogP contribution in [-0.4, -0.2) is 6.10 Å².